The minimum absolute atomic E-state index is 0.0837. The van der Waals surface area contributed by atoms with Crippen LogP contribution in [0.3, 0.4) is 0 Å². The molecule has 2 heterocycles. The molecule has 0 amide bonds. The van der Waals surface area contributed by atoms with Gasteiger partial charge in [0.2, 0.25) is 5.89 Å². The number of nitrogens with zero attached hydrogens (tertiary/aromatic N) is 1. The Morgan fingerprint density at radius 3 is 3.06 bits per heavy atom. The van der Waals surface area contributed by atoms with Crippen molar-refractivity contribution in [1.29, 1.82) is 0 Å². The standard InChI is InChI=1S/C12H19N3O/c13-8-12(3-4-12)11-15-10(7-16-11)9-2-1-5-14-6-9/h7,9,14H,1-6,8,13H2. The van der Waals surface area contributed by atoms with Crippen molar-refractivity contribution >= 4 is 0 Å². The van der Waals surface area contributed by atoms with Crippen molar-refractivity contribution in [1.82, 2.24) is 10.3 Å². The maximum absolute atomic E-state index is 5.78. The smallest absolute Gasteiger partial charge is 0.201 e. The van der Waals surface area contributed by atoms with E-state index in [-0.39, 0.29) is 5.41 Å². The summed E-state index contributed by atoms with van der Waals surface area (Å²) in [6, 6.07) is 0. The van der Waals surface area contributed by atoms with Gasteiger partial charge in [0, 0.05) is 19.0 Å². The molecular weight excluding hydrogens is 202 g/mol. The highest BCUT2D eigenvalue weighted by Crippen LogP contribution is 2.47. The summed E-state index contributed by atoms with van der Waals surface area (Å²) in [5, 5.41) is 3.40. The molecule has 4 heteroatoms. The number of nitrogens with one attached hydrogen (secondary N) is 1. The van der Waals surface area contributed by atoms with E-state index >= 15 is 0 Å². The first-order valence-electron chi connectivity index (χ1n) is 6.21. The van der Waals surface area contributed by atoms with Crippen LogP contribution in [0.1, 0.15) is 43.2 Å². The molecule has 1 saturated heterocycles. The molecule has 3 rings (SSSR count). The van der Waals surface area contributed by atoms with E-state index in [1.165, 1.54) is 12.8 Å². The normalized spacial score (nSPS) is 27.9. The first kappa shape index (κ1) is 10.3. The number of oxazole rings is 1. The van der Waals surface area contributed by atoms with Crippen LogP contribution in [0.5, 0.6) is 0 Å². The van der Waals surface area contributed by atoms with Crippen LogP contribution >= 0.6 is 0 Å². The van der Waals surface area contributed by atoms with E-state index in [9.17, 15) is 0 Å². The predicted molar refractivity (Wildman–Crippen MR) is 61.3 cm³/mol. The molecule has 1 aliphatic carbocycles. The summed E-state index contributed by atoms with van der Waals surface area (Å²) < 4.78 is 5.62. The highest BCUT2D eigenvalue weighted by atomic mass is 16.3. The molecule has 3 N–H and O–H groups in total. The fourth-order valence-corrected chi connectivity index (χ4v) is 2.48. The third kappa shape index (κ3) is 1.66. The summed E-state index contributed by atoms with van der Waals surface area (Å²) in [6.07, 6.45) is 6.55. The van der Waals surface area contributed by atoms with Gasteiger partial charge in [0.15, 0.2) is 0 Å². The molecule has 2 fully saturated rings. The van der Waals surface area contributed by atoms with Gasteiger partial charge < -0.3 is 15.5 Å². The minimum Gasteiger partial charge on any atom is -0.448 e. The summed E-state index contributed by atoms with van der Waals surface area (Å²) in [7, 11) is 0. The number of hydrogen-bond acceptors (Lipinski definition) is 4. The Balaban J connectivity index is 1.77. The van der Waals surface area contributed by atoms with Gasteiger partial charge in [-0.3, -0.25) is 0 Å². The van der Waals surface area contributed by atoms with E-state index in [2.05, 4.69) is 10.3 Å². The third-order valence-corrected chi connectivity index (χ3v) is 3.94. The molecule has 2 aliphatic rings. The molecule has 0 radical (unpaired) electrons. The maximum atomic E-state index is 5.78. The van der Waals surface area contributed by atoms with Crippen molar-refractivity contribution in [2.45, 2.75) is 37.0 Å². The van der Waals surface area contributed by atoms with Crippen LogP contribution in [0.2, 0.25) is 0 Å². The van der Waals surface area contributed by atoms with Crippen LogP contribution in [0, 0.1) is 0 Å². The molecule has 88 valence electrons. The lowest BCUT2D eigenvalue weighted by atomic mass is 9.97. The fourth-order valence-electron chi connectivity index (χ4n) is 2.48. The van der Waals surface area contributed by atoms with Crippen LogP contribution in [-0.4, -0.2) is 24.6 Å². The van der Waals surface area contributed by atoms with Crippen LogP contribution in [-0.2, 0) is 5.41 Å². The van der Waals surface area contributed by atoms with Crippen molar-refractivity contribution in [2.24, 2.45) is 5.73 Å². The molecule has 16 heavy (non-hydrogen) atoms. The van der Waals surface area contributed by atoms with Gasteiger partial charge in [-0.2, -0.15) is 0 Å². The molecule has 1 atom stereocenters. The Morgan fingerprint density at radius 2 is 2.44 bits per heavy atom. The van der Waals surface area contributed by atoms with Gasteiger partial charge in [0.05, 0.1) is 11.1 Å². The van der Waals surface area contributed by atoms with E-state index in [1.54, 1.807) is 0 Å². The highest BCUT2D eigenvalue weighted by Gasteiger charge is 2.47. The number of rotatable bonds is 3. The Kier molecular flexibility index (Phi) is 2.48. The largest absolute Gasteiger partial charge is 0.448 e. The molecule has 0 aromatic carbocycles. The van der Waals surface area contributed by atoms with Crippen LogP contribution in [0.25, 0.3) is 0 Å². The van der Waals surface area contributed by atoms with Crippen molar-refractivity contribution in [3.63, 3.8) is 0 Å². The van der Waals surface area contributed by atoms with Gasteiger partial charge in [0.1, 0.15) is 6.26 Å². The van der Waals surface area contributed by atoms with Gasteiger partial charge in [0.25, 0.3) is 0 Å². The molecule has 0 bridgehead atoms. The summed E-state index contributed by atoms with van der Waals surface area (Å²) in [5.74, 6) is 1.40. The van der Waals surface area contributed by atoms with Crippen molar-refractivity contribution in [3.8, 4) is 0 Å². The average Bonchev–Trinajstić information content (AvgIpc) is 3.00. The molecule has 4 nitrogen and oxygen atoms in total. The second kappa shape index (κ2) is 3.86. The van der Waals surface area contributed by atoms with E-state index in [1.807, 2.05) is 6.26 Å². The fraction of sp³-hybridized carbons (Fsp3) is 0.750. The number of nitrogens with two attached hydrogens (primary N) is 1. The van der Waals surface area contributed by atoms with Gasteiger partial charge in [-0.15, -0.1) is 0 Å². The summed E-state index contributed by atoms with van der Waals surface area (Å²) >= 11 is 0. The molecule has 1 saturated carbocycles. The summed E-state index contributed by atoms with van der Waals surface area (Å²) in [6.45, 7) is 2.82. The SMILES string of the molecule is NCC1(c2nc(C3CCCNC3)co2)CC1. The van der Waals surface area contributed by atoms with Crippen LogP contribution in [0.15, 0.2) is 10.7 Å². The van der Waals surface area contributed by atoms with E-state index < -0.39 is 0 Å². The molecular formula is C12H19N3O. The minimum atomic E-state index is 0.0837. The average molecular weight is 221 g/mol. The maximum Gasteiger partial charge on any atom is 0.201 e. The zero-order valence-corrected chi connectivity index (χ0v) is 9.54. The highest BCUT2D eigenvalue weighted by molar-refractivity contribution is 5.19. The molecule has 0 spiro atoms. The van der Waals surface area contributed by atoms with Gasteiger partial charge in [-0.25, -0.2) is 4.98 Å². The topological polar surface area (TPSA) is 64.1 Å². The molecule has 1 unspecified atom stereocenters. The Bertz CT molecular complexity index is 364. The molecule has 1 aromatic heterocycles. The summed E-state index contributed by atoms with van der Waals surface area (Å²) in [4.78, 5) is 4.65. The Labute approximate surface area is 95.6 Å². The van der Waals surface area contributed by atoms with Gasteiger partial charge in [-0.05, 0) is 32.2 Å². The van der Waals surface area contributed by atoms with Crippen molar-refractivity contribution < 1.29 is 4.42 Å². The van der Waals surface area contributed by atoms with E-state index in [0.29, 0.717) is 12.5 Å². The lowest BCUT2D eigenvalue weighted by Crippen LogP contribution is -2.28. The first-order chi connectivity index (χ1) is 7.84. The lowest BCUT2D eigenvalue weighted by Gasteiger charge is -2.20. The van der Waals surface area contributed by atoms with Crippen molar-refractivity contribution in [2.75, 3.05) is 19.6 Å². The predicted octanol–water partition coefficient (Wildman–Crippen LogP) is 1.13. The zero-order valence-electron chi connectivity index (χ0n) is 9.54. The Morgan fingerprint density at radius 1 is 1.56 bits per heavy atom. The first-order valence-corrected chi connectivity index (χ1v) is 6.21. The number of piperidine rings is 1. The van der Waals surface area contributed by atoms with Crippen LogP contribution < -0.4 is 11.1 Å². The van der Waals surface area contributed by atoms with E-state index in [0.717, 1.165) is 37.5 Å². The Hall–Kier alpha value is -0.870. The van der Waals surface area contributed by atoms with Gasteiger partial charge in [-0.1, -0.05) is 0 Å². The lowest BCUT2D eigenvalue weighted by molar-refractivity contribution is 0.436. The summed E-state index contributed by atoms with van der Waals surface area (Å²) in [5.41, 5.74) is 6.97. The second-order valence-corrected chi connectivity index (χ2v) is 5.11. The molecule has 1 aromatic rings. The third-order valence-electron chi connectivity index (χ3n) is 3.94. The van der Waals surface area contributed by atoms with Gasteiger partial charge >= 0.3 is 0 Å². The van der Waals surface area contributed by atoms with Crippen molar-refractivity contribution in [3.05, 3.63) is 17.8 Å². The monoisotopic (exact) mass is 221 g/mol. The van der Waals surface area contributed by atoms with Crippen LogP contribution in [0.4, 0.5) is 0 Å². The molecule has 1 aliphatic heterocycles. The number of hydrogen-bond donors (Lipinski definition) is 2. The van der Waals surface area contributed by atoms with E-state index in [4.69, 9.17) is 10.2 Å². The second-order valence-electron chi connectivity index (χ2n) is 5.11. The zero-order chi connectivity index (χ0) is 11.0. The number of aromatic nitrogens is 1. The quantitative estimate of drug-likeness (QED) is 0.803.